The van der Waals surface area contributed by atoms with Crippen molar-refractivity contribution in [2.75, 3.05) is 12.5 Å². The minimum atomic E-state index is 0.655. The first kappa shape index (κ1) is 14.5. The van der Waals surface area contributed by atoms with Crippen LogP contribution in [0.2, 0.25) is 0 Å². The third kappa shape index (κ3) is 2.38. The van der Waals surface area contributed by atoms with Crippen LogP contribution in [-0.2, 0) is 6.67 Å². The van der Waals surface area contributed by atoms with E-state index in [-0.39, 0.29) is 0 Å². The predicted octanol–water partition coefficient (Wildman–Crippen LogP) is 3.13. The predicted molar refractivity (Wildman–Crippen MR) is 94.0 cm³/mol. The van der Waals surface area contributed by atoms with Crippen molar-refractivity contribution in [3.8, 4) is 0 Å². The lowest BCUT2D eigenvalue weighted by Gasteiger charge is -2.08. The zero-order chi connectivity index (χ0) is 15.8. The van der Waals surface area contributed by atoms with E-state index in [1.54, 1.807) is 36.2 Å². The Morgan fingerprint density at radius 2 is 1.26 bits per heavy atom. The monoisotopic (exact) mass is 342 g/mol. The number of aromatic nitrogens is 6. The van der Waals surface area contributed by atoms with Crippen molar-refractivity contribution in [2.45, 2.75) is 16.7 Å². The first-order valence-electron chi connectivity index (χ1n) is 6.99. The molecule has 0 amide bonds. The molecule has 4 aromatic rings. The molecule has 4 aromatic heterocycles. The lowest BCUT2D eigenvalue weighted by molar-refractivity contribution is 0.636. The Bertz CT molecular complexity index is 910. The van der Waals surface area contributed by atoms with Crippen LogP contribution in [0.3, 0.4) is 0 Å². The second-order valence-electron chi connectivity index (χ2n) is 4.95. The Kier molecular flexibility index (Phi) is 3.70. The van der Waals surface area contributed by atoms with Crippen LogP contribution in [0.1, 0.15) is 0 Å². The van der Waals surface area contributed by atoms with E-state index >= 15 is 0 Å². The molecule has 6 nitrogen and oxygen atoms in total. The fraction of sp³-hybridized carbons (Fsp3) is 0.200. The summed E-state index contributed by atoms with van der Waals surface area (Å²) in [5, 5.41) is 4.16. The molecule has 0 aliphatic rings. The van der Waals surface area contributed by atoms with Gasteiger partial charge in [-0.15, -0.1) is 23.5 Å². The Morgan fingerprint density at radius 1 is 0.783 bits per heavy atom. The van der Waals surface area contributed by atoms with E-state index in [9.17, 15) is 0 Å². The van der Waals surface area contributed by atoms with Gasteiger partial charge >= 0.3 is 0 Å². The Balaban J connectivity index is 1.80. The molecule has 0 saturated carbocycles. The summed E-state index contributed by atoms with van der Waals surface area (Å²) >= 11 is 3.26. The number of thioether (sulfide) groups is 2. The zero-order valence-corrected chi connectivity index (χ0v) is 14.3. The summed E-state index contributed by atoms with van der Waals surface area (Å²) in [7, 11) is 0. The summed E-state index contributed by atoms with van der Waals surface area (Å²) in [6.07, 6.45) is 11.4. The lowest BCUT2D eigenvalue weighted by Crippen LogP contribution is -2.07. The highest BCUT2D eigenvalue weighted by molar-refractivity contribution is 7.99. The smallest absolute Gasteiger partial charge is 0.145 e. The van der Waals surface area contributed by atoms with Gasteiger partial charge in [0.25, 0.3) is 0 Å². The largest absolute Gasteiger partial charge is 0.314 e. The molecule has 0 radical (unpaired) electrons. The van der Waals surface area contributed by atoms with Gasteiger partial charge in [-0.1, -0.05) is 0 Å². The van der Waals surface area contributed by atoms with E-state index in [1.807, 2.05) is 24.9 Å². The second-order valence-corrected chi connectivity index (χ2v) is 6.54. The summed E-state index contributed by atoms with van der Waals surface area (Å²) in [5.74, 6) is 0. The fourth-order valence-electron chi connectivity index (χ4n) is 2.68. The number of hydrogen-bond donors (Lipinski definition) is 0. The van der Waals surface area contributed by atoms with Gasteiger partial charge in [-0.2, -0.15) is 0 Å². The fourth-order valence-corrected chi connectivity index (χ4v) is 3.74. The van der Waals surface area contributed by atoms with Crippen LogP contribution in [-0.4, -0.2) is 41.6 Å². The molecule has 4 heterocycles. The summed E-state index contributed by atoms with van der Waals surface area (Å²) in [4.78, 5) is 17.5. The van der Waals surface area contributed by atoms with Crippen molar-refractivity contribution in [1.82, 2.24) is 29.1 Å². The summed E-state index contributed by atoms with van der Waals surface area (Å²) in [6.45, 7) is 0.655. The van der Waals surface area contributed by atoms with Crippen molar-refractivity contribution in [2.24, 2.45) is 0 Å². The van der Waals surface area contributed by atoms with E-state index in [1.165, 1.54) is 0 Å². The molecule has 0 aliphatic carbocycles. The maximum atomic E-state index is 4.43. The van der Waals surface area contributed by atoms with E-state index in [4.69, 9.17) is 0 Å². The van der Waals surface area contributed by atoms with Crippen molar-refractivity contribution in [1.29, 1.82) is 0 Å². The van der Waals surface area contributed by atoms with Gasteiger partial charge in [-0.05, 0) is 24.6 Å². The lowest BCUT2D eigenvalue weighted by atomic mass is 10.4. The topological polar surface area (TPSA) is 61.4 Å². The quantitative estimate of drug-likeness (QED) is 0.419. The number of hydrogen-bond acceptors (Lipinski definition) is 6. The molecule has 0 N–H and O–H groups in total. The molecule has 0 bridgehead atoms. The van der Waals surface area contributed by atoms with Crippen molar-refractivity contribution >= 4 is 45.6 Å². The molecule has 0 atom stereocenters. The molecule has 8 heteroatoms. The van der Waals surface area contributed by atoms with E-state index in [2.05, 4.69) is 41.2 Å². The van der Waals surface area contributed by atoms with E-state index < -0.39 is 0 Å². The summed E-state index contributed by atoms with van der Waals surface area (Å²) in [5.41, 5.74) is 1.87. The highest BCUT2D eigenvalue weighted by atomic mass is 32.2. The van der Waals surface area contributed by atoms with Gasteiger partial charge in [-0.3, -0.25) is 0 Å². The third-order valence-corrected chi connectivity index (χ3v) is 5.15. The van der Waals surface area contributed by atoms with Crippen molar-refractivity contribution in [3.63, 3.8) is 0 Å². The van der Waals surface area contributed by atoms with Crippen LogP contribution in [0, 0.1) is 0 Å². The Labute approximate surface area is 141 Å². The number of fused-ring (bicyclic) bond motifs is 2. The average molecular weight is 342 g/mol. The molecule has 0 aliphatic heterocycles. The molecule has 0 aromatic carbocycles. The van der Waals surface area contributed by atoms with Crippen LogP contribution >= 0.6 is 23.5 Å². The minimum Gasteiger partial charge on any atom is -0.314 e. The van der Waals surface area contributed by atoms with Crippen LogP contribution in [0.25, 0.3) is 22.1 Å². The Hall–Kier alpha value is -2.06. The highest BCUT2D eigenvalue weighted by Crippen LogP contribution is 2.25. The molecule has 0 spiro atoms. The van der Waals surface area contributed by atoms with Gasteiger partial charge in [0.1, 0.15) is 40.7 Å². The SMILES string of the molecule is CSc1ncnc2c1ccn2Cn1ccc2c(SC)ncnc21. The third-order valence-electron chi connectivity index (χ3n) is 3.73. The molecule has 0 saturated heterocycles. The molecule has 0 unspecified atom stereocenters. The first-order chi connectivity index (χ1) is 11.3. The normalized spacial score (nSPS) is 11.6. The average Bonchev–Trinajstić information content (AvgIpc) is 3.19. The number of rotatable bonds is 4. The summed E-state index contributed by atoms with van der Waals surface area (Å²) in [6, 6.07) is 4.13. The van der Waals surface area contributed by atoms with Gasteiger partial charge in [0.15, 0.2) is 0 Å². The minimum absolute atomic E-state index is 0.655. The van der Waals surface area contributed by atoms with Crippen LogP contribution in [0.15, 0.2) is 47.2 Å². The molecule has 0 fully saturated rings. The van der Waals surface area contributed by atoms with E-state index in [0.29, 0.717) is 6.67 Å². The Morgan fingerprint density at radius 3 is 1.70 bits per heavy atom. The molecule has 23 heavy (non-hydrogen) atoms. The first-order valence-corrected chi connectivity index (χ1v) is 9.44. The van der Waals surface area contributed by atoms with Crippen LogP contribution in [0.5, 0.6) is 0 Å². The number of nitrogens with zero attached hydrogens (tertiary/aromatic N) is 6. The highest BCUT2D eigenvalue weighted by Gasteiger charge is 2.11. The van der Waals surface area contributed by atoms with Gasteiger partial charge in [-0.25, -0.2) is 19.9 Å². The maximum absolute atomic E-state index is 4.43. The molecule has 116 valence electrons. The maximum Gasteiger partial charge on any atom is 0.145 e. The van der Waals surface area contributed by atoms with Gasteiger partial charge in [0.05, 0.1) is 10.8 Å². The summed E-state index contributed by atoms with van der Waals surface area (Å²) < 4.78 is 4.22. The standard InChI is InChI=1S/C15H14N6S2/c1-22-14-10-3-5-20(12(10)16-7-18-14)9-21-6-4-11-13(21)17-8-19-15(11)23-2/h3-8H,9H2,1-2H3. The van der Waals surface area contributed by atoms with Crippen LogP contribution in [0.4, 0.5) is 0 Å². The van der Waals surface area contributed by atoms with Crippen molar-refractivity contribution < 1.29 is 0 Å². The molecule has 4 rings (SSSR count). The van der Waals surface area contributed by atoms with Crippen molar-refractivity contribution in [3.05, 3.63) is 37.2 Å². The van der Waals surface area contributed by atoms with Crippen LogP contribution < -0.4 is 0 Å². The van der Waals surface area contributed by atoms with Gasteiger partial charge in [0, 0.05) is 12.4 Å². The molecular formula is C15H14N6S2. The van der Waals surface area contributed by atoms with Gasteiger partial charge in [0.2, 0.25) is 0 Å². The second kappa shape index (κ2) is 5.86. The van der Waals surface area contributed by atoms with E-state index in [0.717, 1.165) is 32.1 Å². The molecular weight excluding hydrogens is 328 g/mol. The van der Waals surface area contributed by atoms with Gasteiger partial charge < -0.3 is 9.13 Å². The zero-order valence-electron chi connectivity index (χ0n) is 12.7.